The number of aryl methyl sites for hydroxylation is 1. The Morgan fingerprint density at radius 2 is 1.97 bits per heavy atom. The van der Waals surface area contributed by atoms with Gasteiger partial charge in [-0.3, -0.25) is 14.2 Å². The third-order valence-corrected chi connectivity index (χ3v) is 5.40. The van der Waals surface area contributed by atoms with Gasteiger partial charge in [-0.2, -0.15) is 0 Å². The second-order valence-electron chi connectivity index (χ2n) is 6.69. The lowest BCUT2D eigenvalue weighted by Gasteiger charge is -2.17. The molecule has 1 N–H and O–H groups in total. The van der Waals surface area contributed by atoms with Crippen LogP contribution < -0.4 is 15.6 Å². The Balaban J connectivity index is 2.04. The van der Waals surface area contributed by atoms with Crippen LogP contribution in [0.4, 0.5) is 8.78 Å². The summed E-state index contributed by atoms with van der Waals surface area (Å²) < 4.78 is 34.1. The zero-order valence-corrected chi connectivity index (χ0v) is 18.4. The number of halogens is 3. The van der Waals surface area contributed by atoms with E-state index >= 15 is 0 Å². The molecular weight excluding hydrogens is 470 g/mol. The third-order valence-electron chi connectivity index (χ3n) is 4.67. The van der Waals surface area contributed by atoms with Gasteiger partial charge in [-0.25, -0.2) is 8.78 Å². The molecule has 0 saturated carbocycles. The first-order chi connectivity index (χ1) is 14.8. The van der Waals surface area contributed by atoms with E-state index in [9.17, 15) is 18.4 Å². The number of amides is 1. The van der Waals surface area contributed by atoms with Crippen molar-refractivity contribution in [3.63, 3.8) is 0 Å². The summed E-state index contributed by atoms with van der Waals surface area (Å²) in [6, 6.07) is 9.83. The van der Waals surface area contributed by atoms with E-state index in [4.69, 9.17) is 4.74 Å². The fourth-order valence-corrected chi connectivity index (χ4v) is 3.48. The Labute approximate surface area is 186 Å². The highest BCUT2D eigenvalue weighted by Crippen LogP contribution is 2.27. The van der Waals surface area contributed by atoms with Crippen molar-refractivity contribution in [2.24, 2.45) is 0 Å². The average molecular weight is 489 g/mol. The average Bonchev–Trinajstić information content (AvgIpc) is 2.75. The van der Waals surface area contributed by atoms with Crippen LogP contribution in [-0.2, 0) is 6.61 Å². The van der Waals surface area contributed by atoms with Crippen molar-refractivity contribution in [3.05, 3.63) is 97.9 Å². The van der Waals surface area contributed by atoms with E-state index in [1.807, 2.05) is 0 Å². The van der Waals surface area contributed by atoms with Gasteiger partial charge in [-0.15, -0.1) is 0 Å². The summed E-state index contributed by atoms with van der Waals surface area (Å²) in [6.07, 6.45) is 1.60. The highest BCUT2D eigenvalue weighted by Gasteiger charge is 2.19. The van der Waals surface area contributed by atoms with Crippen molar-refractivity contribution in [2.45, 2.75) is 13.5 Å². The Kier molecular flexibility index (Phi) is 6.70. The molecule has 0 spiro atoms. The minimum absolute atomic E-state index is 0.108. The zero-order valence-electron chi connectivity index (χ0n) is 16.8. The maximum absolute atomic E-state index is 13.9. The molecular formula is C23H19BrF2N2O3. The number of carbonyl (C=O) groups is 1. The summed E-state index contributed by atoms with van der Waals surface area (Å²) in [6.45, 7) is 5.20. The van der Waals surface area contributed by atoms with Crippen LogP contribution in [0.5, 0.6) is 5.75 Å². The molecule has 3 rings (SSSR count). The summed E-state index contributed by atoms with van der Waals surface area (Å²) >= 11 is 3.24. The second kappa shape index (κ2) is 9.26. The molecule has 5 nitrogen and oxygen atoms in total. The first-order valence-corrected chi connectivity index (χ1v) is 10.0. The fourth-order valence-electron chi connectivity index (χ4n) is 3.07. The van der Waals surface area contributed by atoms with Gasteiger partial charge < -0.3 is 10.1 Å². The van der Waals surface area contributed by atoms with Crippen molar-refractivity contribution in [2.75, 3.05) is 7.05 Å². The summed E-state index contributed by atoms with van der Waals surface area (Å²) in [5.74, 6) is -1.58. The molecule has 0 saturated heterocycles. The number of pyridine rings is 1. The van der Waals surface area contributed by atoms with Gasteiger partial charge in [0.2, 0.25) is 0 Å². The largest absolute Gasteiger partial charge is 0.487 e. The lowest BCUT2D eigenvalue weighted by atomic mass is 10.1. The number of nitrogens with one attached hydrogen (secondary N) is 1. The number of aromatic nitrogens is 1. The molecule has 31 heavy (non-hydrogen) atoms. The highest BCUT2D eigenvalue weighted by molar-refractivity contribution is 9.10. The van der Waals surface area contributed by atoms with Crippen molar-refractivity contribution in [1.29, 1.82) is 0 Å². The Morgan fingerprint density at radius 3 is 2.61 bits per heavy atom. The van der Waals surface area contributed by atoms with E-state index < -0.39 is 17.2 Å². The van der Waals surface area contributed by atoms with Gasteiger partial charge in [0, 0.05) is 30.4 Å². The van der Waals surface area contributed by atoms with Crippen LogP contribution in [0.2, 0.25) is 0 Å². The Morgan fingerprint density at radius 1 is 1.23 bits per heavy atom. The molecule has 0 aliphatic heterocycles. The van der Waals surface area contributed by atoms with E-state index in [2.05, 4.69) is 27.8 Å². The number of hydrogen-bond acceptors (Lipinski definition) is 3. The molecule has 0 bridgehead atoms. The molecule has 0 aliphatic carbocycles. The predicted octanol–water partition coefficient (Wildman–Crippen LogP) is 4.77. The normalized spacial score (nSPS) is 10.6. The van der Waals surface area contributed by atoms with Crippen LogP contribution in [0.1, 0.15) is 27.2 Å². The van der Waals surface area contributed by atoms with Crippen LogP contribution >= 0.6 is 15.9 Å². The van der Waals surface area contributed by atoms with E-state index in [-0.39, 0.29) is 28.3 Å². The second-order valence-corrected chi connectivity index (χ2v) is 7.48. The quantitative estimate of drug-likeness (QED) is 0.543. The minimum atomic E-state index is -0.737. The lowest BCUT2D eigenvalue weighted by molar-refractivity contribution is 0.0963. The smallest absolute Gasteiger partial charge is 0.273 e. The van der Waals surface area contributed by atoms with Gasteiger partial charge >= 0.3 is 0 Å². The SMILES string of the molecule is C=Cc1ccc(-n2c(C)cc(OCc3ccc(F)cc3F)c(Br)c2=O)c(C(=O)NC)c1. The Bertz CT molecular complexity index is 1240. The number of hydrogen-bond donors (Lipinski definition) is 1. The number of ether oxygens (including phenoxy) is 1. The van der Waals surface area contributed by atoms with Crippen LogP contribution in [-0.4, -0.2) is 17.5 Å². The highest BCUT2D eigenvalue weighted by atomic mass is 79.9. The maximum atomic E-state index is 13.9. The molecule has 160 valence electrons. The number of nitrogens with zero attached hydrogens (tertiary/aromatic N) is 1. The topological polar surface area (TPSA) is 60.3 Å². The van der Waals surface area contributed by atoms with Crippen molar-refractivity contribution in [1.82, 2.24) is 9.88 Å². The molecule has 1 aromatic heterocycles. The molecule has 0 aliphatic rings. The van der Waals surface area contributed by atoms with E-state index in [0.29, 0.717) is 16.9 Å². The third kappa shape index (κ3) is 4.59. The summed E-state index contributed by atoms with van der Waals surface area (Å²) in [7, 11) is 1.50. The molecule has 1 amide bonds. The predicted molar refractivity (Wildman–Crippen MR) is 119 cm³/mol. The minimum Gasteiger partial charge on any atom is -0.487 e. The monoisotopic (exact) mass is 488 g/mol. The van der Waals surface area contributed by atoms with Gasteiger partial charge in [0.25, 0.3) is 11.5 Å². The molecule has 3 aromatic rings. The molecule has 0 atom stereocenters. The van der Waals surface area contributed by atoms with Crippen molar-refractivity contribution < 1.29 is 18.3 Å². The first kappa shape index (κ1) is 22.4. The number of rotatable bonds is 6. The molecule has 8 heteroatoms. The molecule has 1 heterocycles. The maximum Gasteiger partial charge on any atom is 0.273 e. The van der Waals surface area contributed by atoms with Crippen molar-refractivity contribution >= 4 is 27.9 Å². The van der Waals surface area contributed by atoms with Gasteiger partial charge in [0.05, 0.1) is 11.3 Å². The van der Waals surface area contributed by atoms with Crippen LogP contribution in [0.15, 0.2) is 58.3 Å². The van der Waals surface area contributed by atoms with E-state index in [1.54, 1.807) is 37.3 Å². The summed E-state index contributed by atoms with van der Waals surface area (Å²) in [5.41, 5.74) is 1.62. The van der Waals surface area contributed by atoms with Crippen LogP contribution in [0, 0.1) is 18.6 Å². The Hall–Kier alpha value is -3.26. The zero-order chi connectivity index (χ0) is 22.7. The first-order valence-electron chi connectivity index (χ1n) is 9.24. The van der Waals surface area contributed by atoms with Gasteiger partial charge in [0.1, 0.15) is 28.5 Å². The number of benzene rings is 2. The van der Waals surface area contributed by atoms with Gasteiger partial charge in [-0.1, -0.05) is 18.7 Å². The number of carbonyl (C=O) groups excluding carboxylic acids is 1. The van der Waals surface area contributed by atoms with Crippen molar-refractivity contribution in [3.8, 4) is 11.4 Å². The molecule has 0 fully saturated rings. The van der Waals surface area contributed by atoms with Crippen LogP contribution in [0.25, 0.3) is 11.8 Å². The standard InChI is InChI=1S/C23H19BrF2N2O3/c1-4-14-5-8-19(17(10-14)22(29)27-3)28-13(2)9-20(21(24)23(28)30)31-12-15-6-7-16(25)11-18(15)26/h4-11H,1,12H2,2-3H3,(H,27,29). The fraction of sp³-hybridized carbons (Fsp3) is 0.130. The molecule has 0 unspecified atom stereocenters. The van der Waals surface area contributed by atoms with Gasteiger partial charge in [-0.05, 0) is 52.7 Å². The summed E-state index contributed by atoms with van der Waals surface area (Å²) in [5, 5.41) is 2.57. The van der Waals surface area contributed by atoms with E-state index in [1.165, 1.54) is 17.7 Å². The van der Waals surface area contributed by atoms with E-state index in [0.717, 1.165) is 17.7 Å². The molecule has 0 radical (unpaired) electrons. The lowest BCUT2D eigenvalue weighted by Crippen LogP contribution is -2.26. The summed E-state index contributed by atoms with van der Waals surface area (Å²) in [4.78, 5) is 25.5. The van der Waals surface area contributed by atoms with Crippen LogP contribution in [0.3, 0.4) is 0 Å². The molecule has 2 aromatic carbocycles. The van der Waals surface area contributed by atoms with Gasteiger partial charge in [0.15, 0.2) is 0 Å².